The van der Waals surface area contributed by atoms with E-state index in [2.05, 4.69) is 9.97 Å². The van der Waals surface area contributed by atoms with Crippen molar-refractivity contribution in [2.75, 3.05) is 6.54 Å². The minimum absolute atomic E-state index is 0.351. The zero-order valence-electron chi connectivity index (χ0n) is 9.72. The largest absolute Gasteiger partial charge is 0.390 e. The molecule has 0 bridgehead atoms. The third-order valence-corrected chi connectivity index (χ3v) is 2.79. The van der Waals surface area contributed by atoms with Crippen LogP contribution in [0.15, 0.2) is 18.2 Å². The monoisotopic (exact) mass is 235 g/mol. The molecule has 2 rings (SSSR count). The number of fused-ring (bicyclic) bond motifs is 1. The lowest BCUT2D eigenvalue weighted by atomic mass is 10.0. The Morgan fingerprint density at radius 2 is 2.18 bits per heavy atom. The standard InChI is InChI=1S/C12H17N3O2/c1-7-14-9-3-2-8(6-10(9)15-7)12(17)11(16)4-5-13/h2-3,6,11-12,16-17H,4-5,13H2,1H3,(H,14,15). The highest BCUT2D eigenvalue weighted by Gasteiger charge is 2.18. The van der Waals surface area contributed by atoms with Crippen LogP contribution in [0.2, 0.25) is 0 Å². The molecule has 17 heavy (non-hydrogen) atoms. The van der Waals surface area contributed by atoms with E-state index in [-0.39, 0.29) is 0 Å². The number of aliphatic hydroxyl groups excluding tert-OH is 2. The first-order valence-corrected chi connectivity index (χ1v) is 5.64. The molecule has 92 valence electrons. The van der Waals surface area contributed by atoms with Crippen LogP contribution >= 0.6 is 0 Å². The van der Waals surface area contributed by atoms with Crippen molar-refractivity contribution in [1.82, 2.24) is 9.97 Å². The summed E-state index contributed by atoms with van der Waals surface area (Å²) in [6.07, 6.45) is -1.37. The molecule has 5 heteroatoms. The third kappa shape index (κ3) is 2.46. The van der Waals surface area contributed by atoms with E-state index < -0.39 is 12.2 Å². The van der Waals surface area contributed by atoms with E-state index in [1.54, 1.807) is 12.1 Å². The first kappa shape index (κ1) is 12.0. The van der Waals surface area contributed by atoms with Gasteiger partial charge in [-0.3, -0.25) is 0 Å². The molecule has 2 unspecified atom stereocenters. The number of nitrogens with one attached hydrogen (secondary N) is 1. The van der Waals surface area contributed by atoms with Crippen molar-refractivity contribution in [3.63, 3.8) is 0 Å². The topological polar surface area (TPSA) is 95.2 Å². The van der Waals surface area contributed by atoms with Crippen LogP contribution in [0.3, 0.4) is 0 Å². The fraction of sp³-hybridized carbons (Fsp3) is 0.417. The SMILES string of the molecule is Cc1nc2ccc(C(O)C(O)CCN)cc2[nH]1. The summed E-state index contributed by atoms with van der Waals surface area (Å²) in [5.41, 5.74) is 7.73. The van der Waals surface area contributed by atoms with E-state index in [1.807, 2.05) is 13.0 Å². The van der Waals surface area contributed by atoms with Gasteiger partial charge in [0.2, 0.25) is 0 Å². The molecule has 5 nitrogen and oxygen atoms in total. The average molecular weight is 235 g/mol. The molecule has 0 radical (unpaired) electrons. The van der Waals surface area contributed by atoms with Gasteiger partial charge in [-0.2, -0.15) is 0 Å². The number of aromatic nitrogens is 2. The second-order valence-corrected chi connectivity index (χ2v) is 4.19. The zero-order chi connectivity index (χ0) is 12.4. The Hall–Kier alpha value is -1.43. The Bertz CT molecular complexity index is 509. The first-order valence-electron chi connectivity index (χ1n) is 5.64. The summed E-state index contributed by atoms with van der Waals surface area (Å²) in [6, 6.07) is 5.40. The molecule has 1 heterocycles. The molecule has 0 saturated carbocycles. The van der Waals surface area contributed by atoms with Gasteiger partial charge in [-0.1, -0.05) is 6.07 Å². The smallest absolute Gasteiger partial charge is 0.105 e. The van der Waals surface area contributed by atoms with Crippen molar-refractivity contribution in [3.05, 3.63) is 29.6 Å². The molecule has 2 aromatic rings. The number of benzene rings is 1. The number of aromatic amines is 1. The van der Waals surface area contributed by atoms with Crippen LogP contribution in [0.5, 0.6) is 0 Å². The van der Waals surface area contributed by atoms with E-state index in [9.17, 15) is 10.2 Å². The maximum Gasteiger partial charge on any atom is 0.105 e. The van der Waals surface area contributed by atoms with Crippen molar-refractivity contribution in [2.45, 2.75) is 25.6 Å². The minimum Gasteiger partial charge on any atom is -0.390 e. The number of H-pyrrole nitrogens is 1. The fourth-order valence-corrected chi connectivity index (χ4v) is 1.89. The molecule has 0 aliphatic carbocycles. The molecular weight excluding hydrogens is 218 g/mol. The fourth-order valence-electron chi connectivity index (χ4n) is 1.89. The van der Waals surface area contributed by atoms with Gasteiger partial charge in [-0.05, 0) is 37.6 Å². The molecule has 0 spiro atoms. The van der Waals surface area contributed by atoms with Gasteiger partial charge < -0.3 is 20.9 Å². The van der Waals surface area contributed by atoms with Crippen LogP contribution in [0.4, 0.5) is 0 Å². The number of nitrogens with zero attached hydrogens (tertiary/aromatic N) is 1. The lowest BCUT2D eigenvalue weighted by molar-refractivity contribution is 0.0151. The van der Waals surface area contributed by atoms with Crippen molar-refractivity contribution >= 4 is 11.0 Å². The molecule has 0 saturated heterocycles. The van der Waals surface area contributed by atoms with Crippen LogP contribution < -0.4 is 5.73 Å². The van der Waals surface area contributed by atoms with Crippen LogP contribution in [0, 0.1) is 6.92 Å². The van der Waals surface area contributed by atoms with Gasteiger partial charge in [0.05, 0.1) is 17.1 Å². The predicted octanol–water partition coefficient (Wildman–Crippen LogP) is 0.614. The number of imidazole rings is 1. The van der Waals surface area contributed by atoms with E-state index in [0.717, 1.165) is 16.9 Å². The summed E-state index contributed by atoms with van der Waals surface area (Å²) in [6.45, 7) is 2.23. The molecule has 0 fully saturated rings. The summed E-state index contributed by atoms with van der Waals surface area (Å²) < 4.78 is 0. The quantitative estimate of drug-likeness (QED) is 0.624. The molecule has 1 aromatic carbocycles. The van der Waals surface area contributed by atoms with E-state index in [4.69, 9.17) is 5.73 Å². The lowest BCUT2D eigenvalue weighted by Crippen LogP contribution is -2.21. The van der Waals surface area contributed by atoms with Crippen molar-refractivity contribution in [2.24, 2.45) is 5.73 Å². The van der Waals surface area contributed by atoms with Gasteiger partial charge in [-0.15, -0.1) is 0 Å². The number of aliphatic hydroxyl groups is 2. The number of nitrogens with two attached hydrogens (primary N) is 1. The Morgan fingerprint density at radius 1 is 1.41 bits per heavy atom. The third-order valence-electron chi connectivity index (χ3n) is 2.79. The second kappa shape index (κ2) is 4.83. The molecule has 5 N–H and O–H groups in total. The highest BCUT2D eigenvalue weighted by Crippen LogP contribution is 2.22. The zero-order valence-corrected chi connectivity index (χ0v) is 9.72. The van der Waals surface area contributed by atoms with Gasteiger partial charge in [0.1, 0.15) is 11.9 Å². The Morgan fingerprint density at radius 3 is 2.88 bits per heavy atom. The first-order chi connectivity index (χ1) is 8.11. The predicted molar refractivity (Wildman–Crippen MR) is 65.5 cm³/mol. The summed E-state index contributed by atoms with van der Waals surface area (Å²) in [4.78, 5) is 7.37. The van der Waals surface area contributed by atoms with Crippen molar-refractivity contribution in [1.29, 1.82) is 0 Å². The maximum atomic E-state index is 9.95. The van der Waals surface area contributed by atoms with Gasteiger partial charge in [-0.25, -0.2) is 4.98 Å². The molecule has 0 aliphatic heterocycles. The highest BCUT2D eigenvalue weighted by molar-refractivity contribution is 5.75. The molecule has 0 amide bonds. The highest BCUT2D eigenvalue weighted by atomic mass is 16.3. The number of aryl methyl sites for hydroxylation is 1. The van der Waals surface area contributed by atoms with Gasteiger partial charge in [0, 0.05) is 0 Å². The lowest BCUT2D eigenvalue weighted by Gasteiger charge is -2.17. The van der Waals surface area contributed by atoms with E-state index in [1.165, 1.54) is 0 Å². The van der Waals surface area contributed by atoms with Gasteiger partial charge in [0.15, 0.2) is 0 Å². The van der Waals surface area contributed by atoms with Gasteiger partial charge >= 0.3 is 0 Å². The van der Waals surface area contributed by atoms with E-state index >= 15 is 0 Å². The summed E-state index contributed by atoms with van der Waals surface area (Å²) in [5.74, 6) is 0.828. The molecule has 1 aromatic heterocycles. The molecule has 0 aliphatic rings. The second-order valence-electron chi connectivity index (χ2n) is 4.19. The average Bonchev–Trinajstić information content (AvgIpc) is 2.67. The summed E-state index contributed by atoms with van der Waals surface area (Å²) in [7, 11) is 0. The normalized spacial score (nSPS) is 15.1. The minimum atomic E-state index is -0.911. The molecular formula is C12H17N3O2. The van der Waals surface area contributed by atoms with Crippen LogP contribution in [0.25, 0.3) is 11.0 Å². The summed E-state index contributed by atoms with van der Waals surface area (Å²) in [5, 5.41) is 19.6. The van der Waals surface area contributed by atoms with Crippen LogP contribution in [-0.2, 0) is 0 Å². The van der Waals surface area contributed by atoms with Crippen LogP contribution in [0.1, 0.15) is 23.9 Å². The van der Waals surface area contributed by atoms with E-state index in [0.29, 0.717) is 18.5 Å². The maximum absolute atomic E-state index is 9.95. The molecule has 2 atom stereocenters. The van der Waals surface area contributed by atoms with Gasteiger partial charge in [0.25, 0.3) is 0 Å². The Labute approximate surface area is 99.3 Å². The Kier molecular flexibility index (Phi) is 3.42. The van der Waals surface area contributed by atoms with Crippen molar-refractivity contribution in [3.8, 4) is 0 Å². The Balaban J connectivity index is 2.28. The van der Waals surface area contributed by atoms with Crippen LogP contribution in [-0.4, -0.2) is 32.8 Å². The van der Waals surface area contributed by atoms with Crippen molar-refractivity contribution < 1.29 is 10.2 Å². The number of hydrogen-bond acceptors (Lipinski definition) is 4. The number of rotatable bonds is 4. The number of hydrogen-bond donors (Lipinski definition) is 4. The summed E-state index contributed by atoms with van der Waals surface area (Å²) >= 11 is 0.